The molecule has 11 heteroatoms. The van der Waals surface area contributed by atoms with Gasteiger partial charge < -0.3 is 19.1 Å². The Morgan fingerprint density at radius 3 is 2.41 bits per heavy atom. The van der Waals surface area contributed by atoms with Crippen molar-refractivity contribution in [2.45, 2.75) is 46.4 Å². The molecule has 2 aromatic rings. The molecule has 0 N–H and O–H groups in total. The number of aromatic nitrogens is 4. The second-order valence-electron chi connectivity index (χ2n) is 7.71. The van der Waals surface area contributed by atoms with Gasteiger partial charge in [-0.15, -0.1) is 0 Å². The number of anilines is 1. The highest BCUT2D eigenvalue weighted by atomic mass is 35.5. The standard InChI is InChI=1S/C18H24ClN7O3/c1-5-25-12-13(21-15(19)26(7-6-20)14(12)27)22-16(25)23-8-10-24(11-9-23)17(28)29-18(2,3)4/h5,7-11H2,1-4H3. The van der Waals surface area contributed by atoms with Gasteiger partial charge in [-0.25, -0.2) is 4.79 Å². The Hall–Kier alpha value is -2.80. The minimum atomic E-state index is -0.543. The molecule has 0 bridgehead atoms. The van der Waals surface area contributed by atoms with Crippen molar-refractivity contribution >= 4 is 34.8 Å². The van der Waals surface area contributed by atoms with E-state index >= 15 is 0 Å². The largest absolute Gasteiger partial charge is 0.444 e. The van der Waals surface area contributed by atoms with Gasteiger partial charge in [-0.3, -0.25) is 9.36 Å². The summed E-state index contributed by atoms with van der Waals surface area (Å²) in [5.41, 5.74) is -0.370. The lowest BCUT2D eigenvalue weighted by Crippen LogP contribution is -2.50. The summed E-state index contributed by atoms with van der Waals surface area (Å²) in [7, 11) is 0. The van der Waals surface area contributed by atoms with E-state index < -0.39 is 11.2 Å². The molecule has 1 aliphatic heterocycles. The molecule has 0 spiro atoms. The highest BCUT2D eigenvalue weighted by Crippen LogP contribution is 2.22. The number of hydrogen-bond acceptors (Lipinski definition) is 7. The van der Waals surface area contributed by atoms with Crippen molar-refractivity contribution in [1.29, 1.82) is 5.26 Å². The third-order valence-electron chi connectivity index (χ3n) is 4.56. The van der Waals surface area contributed by atoms with Crippen LogP contribution in [0.1, 0.15) is 27.7 Å². The monoisotopic (exact) mass is 421 g/mol. The van der Waals surface area contributed by atoms with E-state index in [1.165, 1.54) is 0 Å². The number of aryl methyl sites for hydroxylation is 1. The van der Waals surface area contributed by atoms with Crippen LogP contribution in [-0.4, -0.2) is 61.9 Å². The maximum atomic E-state index is 12.8. The number of hydrogen-bond donors (Lipinski definition) is 0. The van der Waals surface area contributed by atoms with Crippen LogP contribution in [0.3, 0.4) is 0 Å². The summed E-state index contributed by atoms with van der Waals surface area (Å²) in [6.07, 6.45) is -0.339. The summed E-state index contributed by atoms with van der Waals surface area (Å²) in [6.45, 7) is 9.79. The van der Waals surface area contributed by atoms with Gasteiger partial charge in [0.15, 0.2) is 11.2 Å². The van der Waals surface area contributed by atoms with Gasteiger partial charge in [0.05, 0.1) is 6.07 Å². The number of fused-ring (bicyclic) bond motifs is 1. The number of piperazine rings is 1. The van der Waals surface area contributed by atoms with Crippen molar-refractivity contribution in [2.75, 3.05) is 31.1 Å². The molecule has 29 heavy (non-hydrogen) atoms. The number of imidazole rings is 1. The Morgan fingerprint density at radius 2 is 1.86 bits per heavy atom. The van der Waals surface area contributed by atoms with Crippen molar-refractivity contribution in [3.8, 4) is 6.07 Å². The fraction of sp³-hybridized carbons (Fsp3) is 0.611. The molecule has 0 unspecified atom stereocenters. The van der Waals surface area contributed by atoms with E-state index in [-0.39, 0.29) is 23.6 Å². The maximum absolute atomic E-state index is 12.8. The average molecular weight is 422 g/mol. The van der Waals surface area contributed by atoms with Crippen molar-refractivity contribution in [3.63, 3.8) is 0 Å². The lowest BCUT2D eigenvalue weighted by molar-refractivity contribution is 0.0240. The third kappa shape index (κ3) is 4.15. The first-order chi connectivity index (χ1) is 13.7. The Labute approximate surface area is 173 Å². The molecule has 2 aromatic heterocycles. The molecule has 0 aliphatic carbocycles. The topological polar surface area (TPSA) is 109 Å². The van der Waals surface area contributed by atoms with Crippen LogP contribution in [0.5, 0.6) is 0 Å². The van der Waals surface area contributed by atoms with Crippen molar-refractivity contribution in [2.24, 2.45) is 0 Å². The van der Waals surface area contributed by atoms with Gasteiger partial charge in [0.1, 0.15) is 12.1 Å². The second kappa shape index (κ2) is 7.91. The molecule has 0 radical (unpaired) electrons. The summed E-state index contributed by atoms with van der Waals surface area (Å²) >= 11 is 6.06. The molecule has 3 rings (SSSR count). The van der Waals surface area contributed by atoms with Crippen LogP contribution in [-0.2, 0) is 17.8 Å². The SMILES string of the molecule is CCn1c(N2CCN(C(=O)OC(C)(C)C)CC2)nc2nc(Cl)n(CC#N)c(=O)c21. The van der Waals surface area contributed by atoms with E-state index in [4.69, 9.17) is 21.6 Å². The van der Waals surface area contributed by atoms with Gasteiger partial charge in [-0.2, -0.15) is 15.2 Å². The summed E-state index contributed by atoms with van der Waals surface area (Å²) < 4.78 is 8.33. The van der Waals surface area contributed by atoms with E-state index in [1.54, 1.807) is 9.47 Å². The number of amides is 1. The number of halogens is 1. The number of carbonyl (C=O) groups excluding carboxylic acids is 1. The third-order valence-corrected chi connectivity index (χ3v) is 4.85. The number of ether oxygens (including phenoxy) is 1. The molecule has 0 aromatic carbocycles. The number of nitrogens with zero attached hydrogens (tertiary/aromatic N) is 7. The van der Waals surface area contributed by atoms with Crippen LogP contribution >= 0.6 is 11.6 Å². The van der Waals surface area contributed by atoms with E-state index in [1.807, 2.05) is 38.7 Å². The van der Waals surface area contributed by atoms with Crippen LogP contribution in [0.25, 0.3) is 11.2 Å². The van der Waals surface area contributed by atoms with Gasteiger partial charge in [0.25, 0.3) is 5.56 Å². The highest BCUT2D eigenvalue weighted by molar-refractivity contribution is 6.28. The average Bonchev–Trinajstić information content (AvgIpc) is 3.02. The lowest BCUT2D eigenvalue weighted by Gasteiger charge is -2.36. The van der Waals surface area contributed by atoms with E-state index in [9.17, 15) is 9.59 Å². The fourth-order valence-corrected chi connectivity index (χ4v) is 3.46. The van der Waals surface area contributed by atoms with Gasteiger partial charge in [0.2, 0.25) is 11.2 Å². The lowest BCUT2D eigenvalue weighted by atomic mass is 10.2. The van der Waals surface area contributed by atoms with Crippen LogP contribution in [0.2, 0.25) is 5.28 Å². The number of nitriles is 1. The van der Waals surface area contributed by atoms with Crippen LogP contribution < -0.4 is 10.5 Å². The van der Waals surface area contributed by atoms with Crippen molar-refractivity contribution < 1.29 is 9.53 Å². The normalized spacial score (nSPS) is 14.9. The van der Waals surface area contributed by atoms with Crippen LogP contribution in [0.15, 0.2) is 4.79 Å². The zero-order valence-electron chi connectivity index (χ0n) is 17.0. The second-order valence-corrected chi connectivity index (χ2v) is 8.05. The first kappa shape index (κ1) is 20.9. The van der Waals surface area contributed by atoms with E-state index in [0.29, 0.717) is 44.2 Å². The molecule has 3 heterocycles. The first-order valence-corrected chi connectivity index (χ1v) is 9.80. The predicted molar refractivity (Wildman–Crippen MR) is 108 cm³/mol. The Morgan fingerprint density at radius 1 is 1.21 bits per heavy atom. The summed E-state index contributed by atoms with van der Waals surface area (Å²) in [6, 6.07) is 1.92. The van der Waals surface area contributed by atoms with Gasteiger partial charge in [0, 0.05) is 32.7 Å². The van der Waals surface area contributed by atoms with Gasteiger partial charge in [-0.05, 0) is 39.3 Å². The molecule has 10 nitrogen and oxygen atoms in total. The van der Waals surface area contributed by atoms with E-state index in [2.05, 4.69) is 9.97 Å². The Bertz CT molecular complexity index is 1020. The Balaban J connectivity index is 1.88. The predicted octanol–water partition coefficient (Wildman–Crippen LogP) is 1.85. The summed E-state index contributed by atoms with van der Waals surface area (Å²) in [5, 5.41) is 8.88. The van der Waals surface area contributed by atoms with Crippen molar-refractivity contribution in [1.82, 2.24) is 24.0 Å². The zero-order chi connectivity index (χ0) is 21.3. The minimum absolute atomic E-state index is 0.0638. The van der Waals surface area contributed by atoms with Crippen LogP contribution in [0, 0.1) is 11.3 Å². The molecule has 1 amide bonds. The smallest absolute Gasteiger partial charge is 0.410 e. The van der Waals surface area contributed by atoms with Crippen molar-refractivity contribution in [3.05, 3.63) is 15.6 Å². The summed E-state index contributed by atoms with van der Waals surface area (Å²) in [4.78, 5) is 37.5. The molecule has 1 aliphatic rings. The van der Waals surface area contributed by atoms with Crippen LogP contribution in [0.4, 0.5) is 10.7 Å². The molecule has 0 atom stereocenters. The number of rotatable bonds is 3. The molecule has 156 valence electrons. The van der Waals surface area contributed by atoms with Gasteiger partial charge >= 0.3 is 6.09 Å². The molecule has 1 fully saturated rings. The highest BCUT2D eigenvalue weighted by Gasteiger charge is 2.29. The zero-order valence-corrected chi connectivity index (χ0v) is 17.7. The molecule has 0 saturated carbocycles. The maximum Gasteiger partial charge on any atom is 0.410 e. The first-order valence-electron chi connectivity index (χ1n) is 9.42. The molecular formula is C18H24ClN7O3. The molecular weight excluding hydrogens is 398 g/mol. The Kier molecular flexibility index (Phi) is 5.71. The minimum Gasteiger partial charge on any atom is -0.444 e. The van der Waals surface area contributed by atoms with Gasteiger partial charge in [-0.1, -0.05) is 0 Å². The summed E-state index contributed by atoms with van der Waals surface area (Å²) in [5.74, 6) is 0.599. The fourth-order valence-electron chi connectivity index (χ4n) is 3.24. The number of carbonyl (C=O) groups is 1. The quantitative estimate of drug-likeness (QED) is 0.695. The molecule has 1 saturated heterocycles. The van der Waals surface area contributed by atoms with E-state index in [0.717, 1.165) is 4.57 Å².